The molecule has 4 rings (SSSR count). The van der Waals surface area contributed by atoms with Crippen LogP contribution in [0, 0.1) is 17.6 Å². The van der Waals surface area contributed by atoms with Crippen LogP contribution in [-0.2, 0) is 11.3 Å². The first-order valence-corrected chi connectivity index (χ1v) is 8.28. The van der Waals surface area contributed by atoms with Gasteiger partial charge < -0.3 is 4.90 Å². The third kappa shape index (κ3) is 3.03. The fraction of sp³-hybridized carbons (Fsp3) is 0.368. The SMILES string of the molecule is O=C(C1CC1c1cc(F)ccc1F)N(Cc1cccnc1)C1CC1. The Balaban J connectivity index is 1.49. The molecule has 2 saturated carbocycles. The van der Waals surface area contributed by atoms with Gasteiger partial charge in [0.1, 0.15) is 11.6 Å². The van der Waals surface area contributed by atoms with Crippen molar-refractivity contribution in [2.24, 2.45) is 5.92 Å². The number of aromatic nitrogens is 1. The van der Waals surface area contributed by atoms with E-state index in [1.54, 1.807) is 12.4 Å². The topological polar surface area (TPSA) is 33.2 Å². The van der Waals surface area contributed by atoms with Crippen molar-refractivity contribution in [1.29, 1.82) is 0 Å². The van der Waals surface area contributed by atoms with Crippen molar-refractivity contribution in [1.82, 2.24) is 9.88 Å². The summed E-state index contributed by atoms with van der Waals surface area (Å²) >= 11 is 0. The second-order valence-corrected chi connectivity index (χ2v) is 6.67. The number of carbonyl (C=O) groups is 1. The van der Waals surface area contributed by atoms with Gasteiger partial charge in [0.25, 0.3) is 0 Å². The second-order valence-electron chi connectivity index (χ2n) is 6.67. The van der Waals surface area contributed by atoms with Gasteiger partial charge in [-0.25, -0.2) is 8.78 Å². The third-order valence-electron chi connectivity index (χ3n) is 4.81. The molecule has 3 nitrogen and oxygen atoms in total. The van der Waals surface area contributed by atoms with Gasteiger partial charge >= 0.3 is 0 Å². The van der Waals surface area contributed by atoms with Crippen molar-refractivity contribution in [3.8, 4) is 0 Å². The molecule has 0 aliphatic heterocycles. The Morgan fingerprint density at radius 2 is 2.08 bits per heavy atom. The molecule has 24 heavy (non-hydrogen) atoms. The molecule has 1 aromatic carbocycles. The number of halogens is 2. The Morgan fingerprint density at radius 1 is 1.25 bits per heavy atom. The van der Waals surface area contributed by atoms with Gasteiger partial charge in [-0.2, -0.15) is 0 Å². The second kappa shape index (κ2) is 5.96. The Bertz CT molecular complexity index is 761. The Morgan fingerprint density at radius 3 is 2.79 bits per heavy atom. The van der Waals surface area contributed by atoms with Gasteiger partial charge in [-0.1, -0.05) is 6.07 Å². The summed E-state index contributed by atoms with van der Waals surface area (Å²) in [6.07, 6.45) is 6.08. The summed E-state index contributed by atoms with van der Waals surface area (Å²) in [6.45, 7) is 0.534. The number of hydrogen-bond donors (Lipinski definition) is 0. The summed E-state index contributed by atoms with van der Waals surface area (Å²) in [5, 5.41) is 0. The highest BCUT2D eigenvalue weighted by atomic mass is 19.1. The van der Waals surface area contributed by atoms with Gasteiger partial charge in [-0.3, -0.25) is 9.78 Å². The number of nitrogens with zero attached hydrogens (tertiary/aromatic N) is 2. The van der Waals surface area contributed by atoms with E-state index in [4.69, 9.17) is 0 Å². The molecule has 1 amide bonds. The van der Waals surface area contributed by atoms with Crippen LogP contribution in [0.3, 0.4) is 0 Å². The summed E-state index contributed by atoms with van der Waals surface area (Å²) < 4.78 is 27.3. The highest BCUT2D eigenvalue weighted by Gasteiger charge is 2.49. The van der Waals surface area contributed by atoms with Gasteiger partial charge in [-0.15, -0.1) is 0 Å². The molecule has 5 heteroatoms. The zero-order valence-corrected chi connectivity index (χ0v) is 13.2. The molecule has 0 N–H and O–H groups in total. The number of pyridine rings is 1. The summed E-state index contributed by atoms with van der Waals surface area (Å²) in [7, 11) is 0. The summed E-state index contributed by atoms with van der Waals surface area (Å²) in [6, 6.07) is 7.54. The summed E-state index contributed by atoms with van der Waals surface area (Å²) in [4.78, 5) is 18.8. The van der Waals surface area contributed by atoms with Crippen molar-refractivity contribution in [3.63, 3.8) is 0 Å². The molecule has 1 aromatic heterocycles. The fourth-order valence-corrected chi connectivity index (χ4v) is 3.28. The average Bonchev–Trinajstić information content (AvgIpc) is 3.48. The van der Waals surface area contributed by atoms with Crippen molar-refractivity contribution >= 4 is 5.91 Å². The lowest BCUT2D eigenvalue weighted by molar-refractivity contribution is -0.133. The quantitative estimate of drug-likeness (QED) is 0.839. The minimum absolute atomic E-state index is 0.0509. The molecule has 1 heterocycles. The highest BCUT2D eigenvalue weighted by molar-refractivity contribution is 5.83. The van der Waals surface area contributed by atoms with Crippen molar-refractivity contribution in [3.05, 3.63) is 65.5 Å². The Kier molecular flexibility index (Phi) is 3.79. The number of carbonyl (C=O) groups excluding carboxylic acids is 1. The zero-order chi connectivity index (χ0) is 16.7. The third-order valence-corrected chi connectivity index (χ3v) is 4.81. The monoisotopic (exact) mass is 328 g/mol. The van der Waals surface area contributed by atoms with E-state index in [0.717, 1.165) is 30.5 Å². The predicted molar refractivity (Wildman–Crippen MR) is 85.0 cm³/mol. The fourth-order valence-electron chi connectivity index (χ4n) is 3.28. The van der Waals surface area contributed by atoms with E-state index in [9.17, 15) is 13.6 Å². The van der Waals surface area contributed by atoms with E-state index in [1.165, 1.54) is 6.07 Å². The first-order valence-electron chi connectivity index (χ1n) is 8.28. The maximum absolute atomic E-state index is 13.9. The molecule has 2 unspecified atom stereocenters. The first kappa shape index (κ1) is 15.2. The molecule has 0 bridgehead atoms. The van der Waals surface area contributed by atoms with Crippen LogP contribution >= 0.6 is 0 Å². The van der Waals surface area contributed by atoms with Gasteiger partial charge in [0.05, 0.1) is 0 Å². The van der Waals surface area contributed by atoms with Crippen LogP contribution in [-0.4, -0.2) is 21.8 Å². The number of amides is 1. The lowest BCUT2D eigenvalue weighted by Gasteiger charge is -2.22. The first-order chi connectivity index (χ1) is 11.6. The van der Waals surface area contributed by atoms with E-state index >= 15 is 0 Å². The van der Waals surface area contributed by atoms with Crippen LogP contribution in [0.2, 0.25) is 0 Å². The van der Waals surface area contributed by atoms with E-state index in [-0.39, 0.29) is 23.8 Å². The van der Waals surface area contributed by atoms with E-state index < -0.39 is 11.6 Å². The molecule has 0 spiro atoms. The van der Waals surface area contributed by atoms with Gasteiger partial charge in [0, 0.05) is 30.9 Å². The molecule has 124 valence electrons. The molecular weight excluding hydrogens is 310 g/mol. The van der Waals surface area contributed by atoms with Crippen molar-refractivity contribution in [2.45, 2.75) is 37.8 Å². The van der Waals surface area contributed by atoms with Crippen LogP contribution in [0.25, 0.3) is 0 Å². The van der Waals surface area contributed by atoms with Crippen LogP contribution in [0.5, 0.6) is 0 Å². The largest absolute Gasteiger partial charge is 0.335 e. The van der Waals surface area contributed by atoms with Gasteiger partial charge in [-0.05, 0) is 60.6 Å². The molecule has 2 aromatic rings. The molecule has 2 fully saturated rings. The Hall–Kier alpha value is -2.30. The molecule has 2 aliphatic carbocycles. The van der Waals surface area contributed by atoms with Crippen LogP contribution in [0.15, 0.2) is 42.7 Å². The average molecular weight is 328 g/mol. The van der Waals surface area contributed by atoms with Crippen LogP contribution < -0.4 is 0 Å². The molecule has 2 aliphatic rings. The summed E-state index contributed by atoms with van der Waals surface area (Å²) in [5.41, 5.74) is 1.32. The van der Waals surface area contributed by atoms with E-state index in [0.29, 0.717) is 18.5 Å². The highest BCUT2D eigenvalue weighted by Crippen LogP contribution is 2.50. The van der Waals surface area contributed by atoms with Crippen LogP contribution in [0.4, 0.5) is 8.78 Å². The maximum atomic E-state index is 13.9. The van der Waals surface area contributed by atoms with Crippen molar-refractivity contribution in [2.75, 3.05) is 0 Å². The van der Waals surface area contributed by atoms with Crippen molar-refractivity contribution < 1.29 is 13.6 Å². The van der Waals surface area contributed by atoms with Crippen LogP contribution in [0.1, 0.15) is 36.3 Å². The van der Waals surface area contributed by atoms with Gasteiger partial charge in [0.2, 0.25) is 5.91 Å². The standard InChI is InChI=1S/C19H18F2N2O/c20-13-3-6-18(21)16(8-13)15-9-17(15)19(24)23(14-4-5-14)11-12-2-1-7-22-10-12/h1-3,6-8,10,14-15,17H,4-5,9,11H2. The van der Waals surface area contributed by atoms with E-state index in [2.05, 4.69) is 4.98 Å². The molecule has 0 radical (unpaired) electrons. The smallest absolute Gasteiger partial charge is 0.226 e. The number of hydrogen-bond acceptors (Lipinski definition) is 2. The predicted octanol–water partition coefficient (Wildman–Crippen LogP) is 3.65. The Labute approximate surface area is 139 Å². The van der Waals surface area contributed by atoms with Gasteiger partial charge in [0.15, 0.2) is 0 Å². The minimum atomic E-state index is -0.459. The molecule has 0 saturated heterocycles. The normalized spacial score (nSPS) is 22.2. The molecular formula is C19H18F2N2O. The summed E-state index contributed by atoms with van der Waals surface area (Å²) in [5.74, 6) is -1.28. The zero-order valence-electron chi connectivity index (χ0n) is 13.2. The minimum Gasteiger partial charge on any atom is -0.335 e. The number of benzene rings is 1. The maximum Gasteiger partial charge on any atom is 0.226 e. The molecule has 2 atom stereocenters. The van der Waals surface area contributed by atoms with E-state index in [1.807, 2.05) is 17.0 Å². The number of rotatable bonds is 5. The lowest BCUT2D eigenvalue weighted by atomic mass is 10.1. The lowest BCUT2D eigenvalue weighted by Crippen LogP contribution is -2.34.